The Morgan fingerprint density at radius 3 is 1.88 bits per heavy atom. The van der Waals surface area contributed by atoms with E-state index >= 15 is 0 Å². The lowest BCUT2D eigenvalue weighted by Crippen LogP contribution is -2.22. The van der Waals surface area contributed by atoms with Crippen LogP contribution in [0.1, 0.15) is 23.6 Å². The summed E-state index contributed by atoms with van der Waals surface area (Å²) in [6.07, 6.45) is 0. The number of hydrogen-bond donors (Lipinski definition) is 0. The first-order valence-electron chi connectivity index (χ1n) is 17.9. The van der Waals surface area contributed by atoms with Gasteiger partial charge in [0.1, 0.15) is 17.0 Å². The van der Waals surface area contributed by atoms with Crippen molar-refractivity contribution in [3.63, 3.8) is 0 Å². The van der Waals surface area contributed by atoms with Crippen LogP contribution in [0.4, 0.5) is 0 Å². The lowest BCUT2D eigenvalue weighted by Gasteiger charge is -2.28. The first-order valence-corrected chi connectivity index (χ1v) is 17.9. The van der Waals surface area contributed by atoms with Crippen molar-refractivity contribution in [1.29, 1.82) is 0 Å². The van der Waals surface area contributed by atoms with Crippen molar-refractivity contribution in [2.75, 3.05) is 0 Å². The molecule has 1 unspecified atom stereocenters. The van der Waals surface area contributed by atoms with E-state index in [2.05, 4.69) is 181 Å². The number of fused-ring (bicyclic) bond motifs is 9. The van der Waals surface area contributed by atoms with Gasteiger partial charge in [-0.15, -0.1) is 0 Å². The summed E-state index contributed by atoms with van der Waals surface area (Å²) in [6.45, 7) is 2.39. The molecule has 0 amide bonds. The predicted molar refractivity (Wildman–Crippen MR) is 214 cm³/mol. The second-order valence-electron chi connectivity index (χ2n) is 14.1. The van der Waals surface area contributed by atoms with Crippen LogP contribution in [0.5, 0.6) is 0 Å². The van der Waals surface area contributed by atoms with E-state index in [4.69, 9.17) is 9.40 Å². The van der Waals surface area contributed by atoms with Gasteiger partial charge in [0.15, 0.2) is 0 Å². The summed E-state index contributed by atoms with van der Waals surface area (Å²) in [5.74, 6) is 0.896. The van der Waals surface area contributed by atoms with E-state index in [9.17, 15) is 0 Å². The van der Waals surface area contributed by atoms with Crippen molar-refractivity contribution in [2.45, 2.75) is 12.3 Å². The summed E-state index contributed by atoms with van der Waals surface area (Å²) in [7, 11) is 0. The molecular formula is C49H32N2O. The molecule has 0 saturated heterocycles. The minimum atomic E-state index is -0.400. The molecule has 0 saturated carbocycles. The Hall–Kier alpha value is -6.71. The van der Waals surface area contributed by atoms with Crippen LogP contribution in [0.2, 0.25) is 0 Å². The molecule has 0 fully saturated rings. The molecule has 1 aliphatic rings. The summed E-state index contributed by atoms with van der Waals surface area (Å²) < 4.78 is 8.84. The molecule has 244 valence electrons. The molecule has 0 radical (unpaired) electrons. The van der Waals surface area contributed by atoms with Crippen LogP contribution >= 0.6 is 0 Å². The maximum atomic E-state index is 6.47. The van der Waals surface area contributed by atoms with E-state index in [1.807, 2.05) is 6.07 Å². The summed E-state index contributed by atoms with van der Waals surface area (Å²) >= 11 is 0. The van der Waals surface area contributed by atoms with Crippen LogP contribution in [0.3, 0.4) is 0 Å². The van der Waals surface area contributed by atoms with Crippen LogP contribution < -0.4 is 0 Å². The van der Waals surface area contributed by atoms with E-state index in [0.29, 0.717) is 0 Å². The van der Waals surface area contributed by atoms with Gasteiger partial charge in [-0.05, 0) is 94.4 Å². The lowest BCUT2D eigenvalue weighted by atomic mass is 9.74. The summed E-state index contributed by atoms with van der Waals surface area (Å²) in [5.41, 5.74) is 14.3. The van der Waals surface area contributed by atoms with Crippen molar-refractivity contribution < 1.29 is 4.42 Å². The molecule has 3 heterocycles. The number of para-hydroxylation sites is 2. The maximum Gasteiger partial charge on any atom is 0.138 e. The largest absolute Gasteiger partial charge is 0.456 e. The fraction of sp³-hybridized carbons (Fsp3) is 0.0408. The van der Waals surface area contributed by atoms with Gasteiger partial charge in [0.05, 0.1) is 16.7 Å². The van der Waals surface area contributed by atoms with Gasteiger partial charge in [-0.3, -0.25) is 4.57 Å². The molecule has 1 atom stereocenters. The molecule has 0 spiro atoms. The van der Waals surface area contributed by atoms with Crippen LogP contribution in [0.25, 0.3) is 83.1 Å². The highest BCUT2D eigenvalue weighted by atomic mass is 16.3. The average Bonchev–Trinajstić information content (AvgIpc) is 3.83. The fourth-order valence-electron chi connectivity index (χ4n) is 8.72. The van der Waals surface area contributed by atoms with Gasteiger partial charge in [0.25, 0.3) is 0 Å². The highest BCUT2D eigenvalue weighted by Crippen LogP contribution is 2.55. The molecule has 10 aromatic rings. The first kappa shape index (κ1) is 29.1. The normalized spacial score (nSPS) is 15.1. The Morgan fingerprint density at radius 1 is 0.462 bits per heavy atom. The molecule has 11 rings (SSSR count). The second kappa shape index (κ2) is 10.9. The Bertz CT molecular complexity index is 2950. The van der Waals surface area contributed by atoms with Gasteiger partial charge in [0.2, 0.25) is 0 Å². The van der Waals surface area contributed by atoms with Crippen LogP contribution in [-0.4, -0.2) is 9.55 Å². The molecule has 0 N–H and O–H groups in total. The Labute approximate surface area is 301 Å². The second-order valence-corrected chi connectivity index (χ2v) is 14.1. The van der Waals surface area contributed by atoms with Crippen molar-refractivity contribution in [3.05, 3.63) is 193 Å². The third kappa shape index (κ3) is 4.11. The molecule has 0 bridgehead atoms. The smallest absolute Gasteiger partial charge is 0.138 e. The zero-order chi connectivity index (χ0) is 34.4. The number of aromatic nitrogens is 2. The number of furan rings is 1. The van der Waals surface area contributed by atoms with Crippen molar-refractivity contribution in [3.8, 4) is 39.3 Å². The van der Waals surface area contributed by atoms with Gasteiger partial charge < -0.3 is 4.42 Å². The van der Waals surface area contributed by atoms with Gasteiger partial charge in [-0.1, -0.05) is 127 Å². The molecule has 1 aliphatic carbocycles. The maximum absolute atomic E-state index is 6.47. The highest BCUT2D eigenvalue weighted by Gasteiger charge is 2.42. The van der Waals surface area contributed by atoms with Crippen LogP contribution in [0.15, 0.2) is 180 Å². The Kier molecular flexibility index (Phi) is 6.09. The highest BCUT2D eigenvalue weighted by molar-refractivity contribution is 6.13. The zero-order valence-corrected chi connectivity index (χ0v) is 28.5. The number of hydrogen-bond acceptors (Lipinski definition) is 2. The standard InChI is InChI=1S/C49H32N2O/c1-49(34-19-9-4-10-20-34)41-28-40-36-22-12-14-24-46(36)52-47(40)29-38(41)37-27-39-35-21-11-13-23-44(35)51(45(39)30-42(37)49)48-26-33(31-15-5-2-6-16-31)25-43(50-48)32-17-7-3-8-18-32/h2-30H,1H3. The number of benzene rings is 7. The quantitative estimate of drug-likeness (QED) is 0.187. The topological polar surface area (TPSA) is 31.0 Å². The van der Waals surface area contributed by atoms with E-state index < -0.39 is 5.41 Å². The third-order valence-electron chi connectivity index (χ3n) is 11.3. The van der Waals surface area contributed by atoms with Gasteiger partial charge in [0, 0.05) is 32.5 Å². The van der Waals surface area contributed by atoms with Gasteiger partial charge in [-0.25, -0.2) is 4.98 Å². The van der Waals surface area contributed by atoms with E-state index in [1.54, 1.807) is 0 Å². The van der Waals surface area contributed by atoms with Crippen molar-refractivity contribution in [1.82, 2.24) is 9.55 Å². The molecule has 52 heavy (non-hydrogen) atoms. The molecule has 3 heteroatoms. The number of rotatable bonds is 4. The number of pyridine rings is 1. The molecule has 0 aliphatic heterocycles. The average molecular weight is 665 g/mol. The predicted octanol–water partition coefficient (Wildman–Crippen LogP) is 12.7. The molecular weight excluding hydrogens is 633 g/mol. The first-order chi connectivity index (χ1) is 25.6. The lowest BCUT2D eigenvalue weighted by molar-refractivity contribution is 0.668. The molecule has 3 aromatic heterocycles. The minimum absolute atomic E-state index is 0.400. The van der Waals surface area contributed by atoms with Crippen LogP contribution in [-0.2, 0) is 5.41 Å². The third-order valence-corrected chi connectivity index (χ3v) is 11.3. The molecule has 7 aromatic carbocycles. The molecule has 3 nitrogen and oxygen atoms in total. The fourth-order valence-corrected chi connectivity index (χ4v) is 8.72. The SMILES string of the molecule is CC1(c2ccccc2)c2cc3c(cc2-c2cc4c5ccccc5n(-c5cc(-c6ccccc6)cc(-c6ccccc6)n5)c4cc21)oc1ccccc13. The summed E-state index contributed by atoms with van der Waals surface area (Å²) in [5, 5.41) is 4.70. The van der Waals surface area contributed by atoms with Gasteiger partial charge in [-0.2, -0.15) is 0 Å². The van der Waals surface area contributed by atoms with E-state index in [0.717, 1.165) is 61.2 Å². The van der Waals surface area contributed by atoms with Crippen molar-refractivity contribution in [2.24, 2.45) is 0 Å². The van der Waals surface area contributed by atoms with Crippen molar-refractivity contribution >= 4 is 43.7 Å². The van der Waals surface area contributed by atoms with Gasteiger partial charge >= 0.3 is 0 Å². The minimum Gasteiger partial charge on any atom is -0.456 e. The van der Waals surface area contributed by atoms with E-state index in [-0.39, 0.29) is 0 Å². The summed E-state index contributed by atoms with van der Waals surface area (Å²) in [6, 6.07) is 63.2. The summed E-state index contributed by atoms with van der Waals surface area (Å²) in [4.78, 5) is 5.41. The van der Waals surface area contributed by atoms with Crippen LogP contribution in [0, 0.1) is 0 Å². The van der Waals surface area contributed by atoms with E-state index in [1.165, 1.54) is 38.6 Å². The monoisotopic (exact) mass is 664 g/mol. The number of nitrogens with zero attached hydrogens (tertiary/aromatic N) is 2. The zero-order valence-electron chi connectivity index (χ0n) is 28.5. The Balaban J connectivity index is 1.24. The Morgan fingerprint density at radius 2 is 1.10 bits per heavy atom.